The molecular weight excluding hydrogens is 522 g/mol. The van der Waals surface area contributed by atoms with Crippen molar-refractivity contribution in [1.82, 2.24) is 15.5 Å². The zero-order valence-electron chi connectivity index (χ0n) is 23.3. The lowest BCUT2D eigenvalue weighted by molar-refractivity contribution is -0.156. The van der Waals surface area contributed by atoms with Crippen LogP contribution >= 0.6 is 23.5 Å². The van der Waals surface area contributed by atoms with Crippen molar-refractivity contribution >= 4 is 41.3 Å². The largest absolute Gasteiger partial charge is 0.497 e. The van der Waals surface area contributed by atoms with Gasteiger partial charge in [0.2, 0.25) is 11.8 Å². The molecule has 0 spiro atoms. The third kappa shape index (κ3) is 10.5. The summed E-state index contributed by atoms with van der Waals surface area (Å²) in [5.74, 6) is 3.72. The first-order valence-corrected chi connectivity index (χ1v) is 16.1. The van der Waals surface area contributed by atoms with Gasteiger partial charge in [-0.3, -0.25) is 19.3 Å². The van der Waals surface area contributed by atoms with Crippen LogP contribution < -0.4 is 10.6 Å². The number of ether oxygens (including phenoxy) is 2. The van der Waals surface area contributed by atoms with E-state index in [-0.39, 0.29) is 30.2 Å². The molecule has 214 valence electrons. The van der Waals surface area contributed by atoms with E-state index in [1.807, 2.05) is 37.8 Å². The van der Waals surface area contributed by atoms with Gasteiger partial charge in [0.25, 0.3) is 0 Å². The Morgan fingerprint density at radius 2 is 1.97 bits per heavy atom. The highest BCUT2D eigenvalue weighted by Gasteiger charge is 2.35. The fourth-order valence-corrected chi connectivity index (χ4v) is 7.34. The van der Waals surface area contributed by atoms with Gasteiger partial charge in [0, 0.05) is 23.9 Å². The molecule has 2 fully saturated rings. The quantitative estimate of drug-likeness (QED) is 0.345. The van der Waals surface area contributed by atoms with E-state index in [2.05, 4.69) is 16.7 Å². The summed E-state index contributed by atoms with van der Waals surface area (Å²) in [7, 11) is 1.65. The van der Waals surface area contributed by atoms with Crippen LogP contribution in [0.5, 0.6) is 0 Å². The number of nitrogens with one attached hydrogen (secondary N) is 2. The summed E-state index contributed by atoms with van der Waals surface area (Å²) in [6, 6.07) is -1.09. The Morgan fingerprint density at radius 1 is 1.21 bits per heavy atom. The van der Waals surface area contributed by atoms with E-state index in [1.54, 1.807) is 30.6 Å². The lowest BCUT2D eigenvalue weighted by Gasteiger charge is -2.27. The van der Waals surface area contributed by atoms with Gasteiger partial charge in [0.1, 0.15) is 17.4 Å². The molecule has 38 heavy (non-hydrogen) atoms. The smallest absolute Gasteiger partial charge is 0.320 e. The van der Waals surface area contributed by atoms with Crippen LogP contribution in [0.15, 0.2) is 24.0 Å². The van der Waals surface area contributed by atoms with E-state index in [0.29, 0.717) is 29.8 Å². The third-order valence-electron chi connectivity index (χ3n) is 6.95. The normalized spacial score (nSPS) is 23.4. The number of thioether (sulfide) groups is 2. The monoisotopic (exact) mass is 567 g/mol. The lowest BCUT2D eigenvalue weighted by atomic mass is 9.91. The van der Waals surface area contributed by atoms with Crippen LogP contribution in [0.2, 0.25) is 0 Å². The molecule has 0 radical (unpaired) electrons. The number of methoxy groups -OCH3 is 1. The molecule has 2 amide bonds. The zero-order chi connectivity index (χ0) is 27.5. The van der Waals surface area contributed by atoms with E-state index >= 15 is 0 Å². The second-order valence-electron chi connectivity index (χ2n) is 11.4. The lowest BCUT2D eigenvalue weighted by Crippen LogP contribution is -2.55. The predicted octanol–water partition coefficient (Wildman–Crippen LogP) is 3.72. The maximum absolute atomic E-state index is 13.3. The summed E-state index contributed by atoms with van der Waals surface area (Å²) in [5, 5.41) is 6.08. The second-order valence-corrected chi connectivity index (χ2v) is 13.4. The molecule has 1 unspecified atom stereocenters. The first-order chi connectivity index (χ1) is 18.1. The molecule has 0 aromatic rings. The predicted molar refractivity (Wildman–Crippen MR) is 155 cm³/mol. The third-order valence-corrected chi connectivity index (χ3v) is 9.29. The second kappa shape index (κ2) is 15.2. The van der Waals surface area contributed by atoms with Crippen LogP contribution in [0.4, 0.5) is 0 Å². The van der Waals surface area contributed by atoms with Gasteiger partial charge >= 0.3 is 5.97 Å². The molecule has 1 heterocycles. The average molecular weight is 568 g/mol. The first kappa shape index (κ1) is 30.9. The number of esters is 1. The number of nitrogens with zero attached hydrogens (tertiary/aromatic N) is 1. The number of hydrogen-bond donors (Lipinski definition) is 2. The molecule has 0 aromatic carbocycles. The Hall–Kier alpha value is -1.65. The molecule has 8 nitrogen and oxygen atoms in total. The van der Waals surface area contributed by atoms with Crippen LogP contribution in [0.25, 0.3) is 0 Å². The van der Waals surface area contributed by atoms with Gasteiger partial charge in [0.05, 0.1) is 19.7 Å². The fourth-order valence-electron chi connectivity index (χ4n) is 4.87. The Balaban J connectivity index is 1.56. The van der Waals surface area contributed by atoms with Crippen molar-refractivity contribution in [2.75, 3.05) is 43.3 Å². The molecule has 2 N–H and O–H groups in total. The minimum atomic E-state index is -0.622. The van der Waals surface area contributed by atoms with E-state index in [9.17, 15) is 14.4 Å². The number of carbonyl (C=O) groups excluding carboxylic acids is 3. The van der Waals surface area contributed by atoms with Crippen molar-refractivity contribution in [3.63, 3.8) is 0 Å². The first-order valence-electron chi connectivity index (χ1n) is 13.8. The van der Waals surface area contributed by atoms with Crippen LogP contribution in [0.3, 0.4) is 0 Å². The van der Waals surface area contributed by atoms with Crippen molar-refractivity contribution in [2.45, 2.75) is 77.0 Å². The van der Waals surface area contributed by atoms with Crippen LogP contribution in [0, 0.1) is 11.8 Å². The molecule has 2 aliphatic carbocycles. The maximum Gasteiger partial charge on any atom is 0.320 e. The highest BCUT2D eigenvalue weighted by Crippen LogP contribution is 2.27. The fraction of sp³-hybridized carbons (Fsp3) is 0.750. The minimum absolute atomic E-state index is 0.0562. The Bertz CT molecular complexity index is 867. The highest BCUT2D eigenvalue weighted by atomic mass is 32.2. The van der Waals surface area contributed by atoms with Gasteiger partial charge in [-0.25, -0.2) is 0 Å². The van der Waals surface area contributed by atoms with Crippen molar-refractivity contribution < 1.29 is 23.9 Å². The number of allylic oxidation sites excluding steroid dienone is 2. The number of amides is 2. The van der Waals surface area contributed by atoms with Gasteiger partial charge in [-0.1, -0.05) is 25.3 Å². The topological polar surface area (TPSA) is 97.0 Å². The molecule has 3 atom stereocenters. The van der Waals surface area contributed by atoms with Gasteiger partial charge in [-0.05, 0) is 69.8 Å². The van der Waals surface area contributed by atoms with E-state index in [0.717, 1.165) is 17.9 Å². The van der Waals surface area contributed by atoms with Crippen LogP contribution in [-0.2, 0) is 23.9 Å². The van der Waals surface area contributed by atoms with Crippen LogP contribution in [-0.4, -0.2) is 83.7 Å². The maximum atomic E-state index is 13.3. The standard InChI is InChI=1S/C28H45N3O5S2/c1-28(2,3)36-25(32)15-31-19-38-18-24(31)27(34)30-23(17-37-16-21-8-6-5-7-9-21)26(33)29-14-20-10-12-22(35-4)13-11-20/h10,12-13,20-21,23-24H,5-9,11,14-19H2,1-4H3,(H,29,33)(H,30,34)/t20?,23-,24-/m0/s1. The SMILES string of the molecule is COC1=CCC(CNC(=O)[C@H](CSCC2CCCCC2)NC(=O)[C@@H]2CSCN2CC(=O)OC(C)(C)C)C=C1. The van der Waals surface area contributed by atoms with E-state index in [4.69, 9.17) is 9.47 Å². The molecule has 1 aliphatic heterocycles. The Morgan fingerprint density at radius 3 is 2.63 bits per heavy atom. The molecule has 1 saturated heterocycles. The molecule has 3 rings (SSSR count). The molecule has 0 bridgehead atoms. The van der Waals surface area contributed by atoms with Crippen molar-refractivity contribution in [3.8, 4) is 0 Å². The van der Waals surface area contributed by atoms with Crippen LogP contribution in [0.1, 0.15) is 59.3 Å². The van der Waals surface area contributed by atoms with Gasteiger partial charge in [-0.15, -0.1) is 11.8 Å². The zero-order valence-corrected chi connectivity index (χ0v) is 25.0. The summed E-state index contributed by atoms with van der Waals surface area (Å²) in [5.41, 5.74) is -0.575. The summed E-state index contributed by atoms with van der Waals surface area (Å²) in [6.07, 6.45) is 13.2. The molecule has 1 saturated carbocycles. The number of rotatable bonds is 12. The average Bonchev–Trinajstić information content (AvgIpc) is 3.34. The van der Waals surface area contributed by atoms with Crippen molar-refractivity contribution in [2.24, 2.45) is 11.8 Å². The van der Waals surface area contributed by atoms with Gasteiger partial charge < -0.3 is 20.1 Å². The van der Waals surface area contributed by atoms with E-state index in [1.165, 1.54) is 32.1 Å². The van der Waals surface area contributed by atoms with Crippen molar-refractivity contribution in [1.29, 1.82) is 0 Å². The minimum Gasteiger partial charge on any atom is -0.497 e. The Labute approximate surface area is 236 Å². The van der Waals surface area contributed by atoms with Crippen molar-refractivity contribution in [3.05, 3.63) is 24.0 Å². The summed E-state index contributed by atoms with van der Waals surface area (Å²) in [4.78, 5) is 40.8. The number of hydrogen-bond acceptors (Lipinski definition) is 8. The summed E-state index contributed by atoms with van der Waals surface area (Å²) < 4.78 is 10.7. The molecule has 3 aliphatic rings. The van der Waals surface area contributed by atoms with Gasteiger partial charge in [-0.2, -0.15) is 11.8 Å². The summed E-state index contributed by atoms with van der Waals surface area (Å²) in [6.45, 7) is 6.06. The molecule has 10 heteroatoms. The molecular formula is C28H45N3O5S2. The summed E-state index contributed by atoms with van der Waals surface area (Å²) >= 11 is 3.36. The highest BCUT2D eigenvalue weighted by molar-refractivity contribution is 7.99. The number of carbonyl (C=O) groups is 3. The van der Waals surface area contributed by atoms with E-state index < -0.39 is 17.7 Å². The Kier molecular flexibility index (Phi) is 12.4. The van der Waals surface area contributed by atoms with Gasteiger partial charge in [0.15, 0.2) is 0 Å². The molecule has 0 aromatic heterocycles.